The molecule has 63 valence electrons. The van der Waals surface area contributed by atoms with Crippen molar-refractivity contribution in [1.29, 1.82) is 0 Å². The van der Waals surface area contributed by atoms with Crippen LogP contribution in [0.3, 0.4) is 0 Å². The smallest absolute Gasteiger partial charge is 0.418 e. The molecule has 0 saturated carbocycles. The second-order valence-electron chi connectivity index (χ2n) is 3.44. The van der Waals surface area contributed by atoms with Gasteiger partial charge in [0.1, 0.15) is 5.60 Å². The predicted octanol–water partition coefficient (Wildman–Crippen LogP) is 0.601. The largest absolute Gasteiger partial charge is 0.450 e. The van der Waals surface area contributed by atoms with E-state index in [9.17, 15) is 4.79 Å². The minimum absolute atomic E-state index is 0.295. The summed E-state index contributed by atoms with van der Waals surface area (Å²) in [6, 6.07) is 0.295. The highest BCUT2D eigenvalue weighted by Crippen LogP contribution is 2.21. The van der Waals surface area contributed by atoms with E-state index in [0.29, 0.717) is 6.04 Å². The average molecular weight is 156 g/mol. The molecule has 1 radical (unpaired) electrons. The molecule has 3 nitrogen and oxygen atoms in total. The summed E-state index contributed by atoms with van der Waals surface area (Å²) in [5.74, 6) is 0. The maximum absolute atomic E-state index is 10.0. The molecule has 1 fully saturated rings. The van der Waals surface area contributed by atoms with E-state index in [4.69, 9.17) is 4.74 Å². The normalized spacial score (nSPS) is 25.1. The molecule has 1 saturated heterocycles. The number of hydrogen-bond donors (Lipinski definition) is 1. The van der Waals surface area contributed by atoms with Crippen molar-refractivity contribution >= 4 is 6.47 Å². The Labute approximate surface area is 67.1 Å². The Kier molecular flexibility index (Phi) is 2.49. The van der Waals surface area contributed by atoms with Crippen molar-refractivity contribution < 1.29 is 9.53 Å². The molecule has 1 unspecified atom stereocenters. The Morgan fingerprint density at radius 1 is 1.64 bits per heavy atom. The SMILES string of the molecule is CC(C)(O[C]=O)C1CCCN1. The first-order chi connectivity index (χ1) is 5.17. The zero-order chi connectivity index (χ0) is 8.32. The zero-order valence-electron chi connectivity index (χ0n) is 7.02. The monoisotopic (exact) mass is 156 g/mol. The van der Waals surface area contributed by atoms with Gasteiger partial charge < -0.3 is 10.1 Å². The van der Waals surface area contributed by atoms with Crippen molar-refractivity contribution in [3.63, 3.8) is 0 Å². The molecule has 0 bridgehead atoms. The molecule has 1 heterocycles. The molecule has 0 amide bonds. The lowest BCUT2D eigenvalue weighted by Gasteiger charge is -2.28. The Morgan fingerprint density at radius 2 is 2.36 bits per heavy atom. The van der Waals surface area contributed by atoms with Gasteiger partial charge in [-0.2, -0.15) is 0 Å². The third-order valence-corrected chi connectivity index (χ3v) is 2.20. The summed E-state index contributed by atoms with van der Waals surface area (Å²) in [7, 11) is 0. The molecule has 0 aromatic carbocycles. The van der Waals surface area contributed by atoms with Crippen LogP contribution in [0.1, 0.15) is 26.7 Å². The van der Waals surface area contributed by atoms with E-state index in [1.807, 2.05) is 13.8 Å². The summed E-state index contributed by atoms with van der Waals surface area (Å²) in [4.78, 5) is 10.0. The van der Waals surface area contributed by atoms with Crippen LogP contribution in [0.2, 0.25) is 0 Å². The first-order valence-corrected chi connectivity index (χ1v) is 3.95. The van der Waals surface area contributed by atoms with Gasteiger partial charge in [0.25, 0.3) is 0 Å². The fourth-order valence-corrected chi connectivity index (χ4v) is 1.46. The third-order valence-electron chi connectivity index (χ3n) is 2.20. The average Bonchev–Trinajstić information content (AvgIpc) is 2.37. The van der Waals surface area contributed by atoms with E-state index >= 15 is 0 Å². The fraction of sp³-hybridized carbons (Fsp3) is 0.875. The van der Waals surface area contributed by atoms with Crippen LogP contribution in [0.25, 0.3) is 0 Å². The van der Waals surface area contributed by atoms with Crippen LogP contribution in [0.4, 0.5) is 0 Å². The van der Waals surface area contributed by atoms with Crippen molar-refractivity contribution in [2.45, 2.75) is 38.3 Å². The van der Waals surface area contributed by atoms with E-state index in [2.05, 4.69) is 5.32 Å². The molecule has 0 spiro atoms. The number of ether oxygens (including phenoxy) is 1. The van der Waals surface area contributed by atoms with Gasteiger partial charge in [-0.15, -0.1) is 0 Å². The topological polar surface area (TPSA) is 38.3 Å². The standard InChI is InChI=1S/C8H14NO2/c1-8(2,11-6-10)7-4-3-5-9-7/h7,9H,3-5H2,1-2H3. The first kappa shape index (κ1) is 8.53. The molecule has 11 heavy (non-hydrogen) atoms. The second-order valence-corrected chi connectivity index (χ2v) is 3.44. The summed E-state index contributed by atoms with van der Waals surface area (Å²) >= 11 is 0. The van der Waals surface area contributed by atoms with Crippen molar-refractivity contribution in [1.82, 2.24) is 5.32 Å². The highest BCUT2D eigenvalue weighted by molar-refractivity contribution is 5.39. The van der Waals surface area contributed by atoms with Crippen molar-refractivity contribution in [3.05, 3.63) is 0 Å². The van der Waals surface area contributed by atoms with Gasteiger partial charge in [-0.3, -0.25) is 0 Å². The molecule has 1 atom stereocenters. The van der Waals surface area contributed by atoms with Crippen LogP contribution >= 0.6 is 0 Å². The fourth-order valence-electron chi connectivity index (χ4n) is 1.46. The van der Waals surface area contributed by atoms with Crippen LogP contribution in [0, 0.1) is 0 Å². The number of nitrogens with one attached hydrogen (secondary N) is 1. The van der Waals surface area contributed by atoms with Crippen molar-refractivity contribution in [2.75, 3.05) is 6.54 Å². The lowest BCUT2D eigenvalue weighted by molar-refractivity contribution is 0.0548. The summed E-state index contributed by atoms with van der Waals surface area (Å²) in [6.45, 7) is 6.33. The van der Waals surface area contributed by atoms with Crippen LogP contribution in [0.5, 0.6) is 0 Å². The number of carbonyl (C=O) groups excluding carboxylic acids is 1. The van der Waals surface area contributed by atoms with Crippen molar-refractivity contribution in [3.8, 4) is 0 Å². The molecular weight excluding hydrogens is 142 g/mol. The highest BCUT2D eigenvalue weighted by Gasteiger charge is 2.33. The minimum Gasteiger partial charge on any atom is -0.450 e. The van der Waals surface area contributed by atoms with E-state index < -0.39 is 5.60 Å². The van der Waals surface area contributed by atoms with Gasteiger partial charge in [0.05, 0.1) is 0 Å². The van der Waals surface area contributed by atoms with Crippen LogP contribution in [-0.2, 0) is 9.53 Å². The molecule has 1 aliphatic rings. The molecule has 1 rings (SSSR count). The van der Waals surface area contributed by atoms with Crippen LogP contribution in [-0.4, -0.2) is 24.7 Å². The molecule has 0 aliphatic carbocycles. The van der Waals surface area contributed by atoms with E-state index in [1.165, 1.54) is 6.47 Å². The summed E-state index contributed by atoms with van der Waals surface area (Å²) in [6.07, 6.45) is 2.24. The first-order valence-electron chi connectivity index (χ1n) is 3.95. The molecule has 1 N–H and O–H groups in total. The lowest BCUT2D eigenvalue weighted by Crippen LogP contribution is -2.44. The Balaban J connectivity index is 2.47. The maximum atomic E-state index is 10.0. The van der Waals surface area contributed by atoms with Crippen LogP contribution < -0.4 is 5.32 Å². The van der Waals surface area contributed by atoms with E-state index in [1.54, 1.807) is 0 Å². The quantitative estimate of drug-likeness (QED) is 0.650. The molecule has 1 aliphatic heterocycles. The van der Waals surface area contributed by atoms with Gasteiger partial charge in [-0.1, -0.05) is 0 Å². The van der Waals surface area contributed by atoms with Crippen molar-refractivity contribution in [2.24, 2.45) is 0 Å². The third kappa shape index (κ3) is 1.93. The molecular formula is C8H14NO2. The van der Waals surface area contributed by atoms with Gasteiger partial charge in [0.2, 0.25) is 0 Å². The minimum atomic E-state index is -0.405. The summed E-state index contributed by atoms with van der Waals surface area (Å²) in [5, 5.41) is 3.28. The predicted molar refractivity (Wildman–Crippen MR) is 41.9 cm³/mol. The van der Waals surface area contributed by atoms with Gasteiger partial charge in [0, 0.05) is 6.04 Å². The number of hydrogen-bond acceptors (Lipinski definition) is 3. The number of rotatable bonds is 3. The van der Waals surface area contributed by atoms with Gasteiger partial charge in [-0.05, 0) is 33.2 Å². The summed E-state index contributed by atoms with van der Waals surface area (Å²) in [5.41, 5.74) is -0.405. The lowest BCUT2D eigenvalue weighted by atomic mass is 9.97. The Morgan fingerprint density at radius 3 is 2.82 bits per heavy atom. The summed E-state index contributed by atoms with van der Waals surface area (Å²) < 4.78 is 4.85. The molecule has 0 aromatic heterocycles. The van der Waals surface area contributed by atoms with E-state index in [-0.39, 0.29) is 0 Å². The highest BCUT2D eigenvalue weighted by atomic mass is 16.5. The maximum Gasteiger partial charge on any atom is 0.418 e. The molecule has 0 aromatic rings. The van der Waals surface area contributed by atoms with Gasteiger partial charge in [0.15, 0.2) is 0 Å². The second kappa shape index (κ2) is 3.22. The van der Waals surface area contributed by atoms with E-state index in [0.717, 1.165) is 19.4 Å². The Bertz CT molecular complexity index is 139. The van der Waals surface area contributed by atoms with Gasteiger partial charge >= 0.3 is 6.47 Å². The van der Waals surface area contributed by atoms with Gasteiger partial charge in [-0.25, -0.2) is 4.79 Å². The van der Waals surface area contributed by atoms with Crippen LogP contribution in [0.15, 0.2) is 0 Å². The molecule has 3 heteroatoms. The zero-order valence-corrected chi connectivity index (χ0v) is 7.02. The Hall–Kier alpha value is -0.570.